The number of rotatable bonds is 6. The van der Waals surface area contributed by atoms with Crippen molar-refractivity contribution in [2.45, 2.75) is 19.9 Å². The molecule has 134 valence electrons. The summed E-state index contributed by atoms with van der Waals surface area (Å²) in [6.45, 7) is 1.53. The standard InChI is InChI=1S/C17H15ClN4O4/c1-12-9-13(3-5-15(12)18)21(8-2-7-19)17(24)11-20-10-14(22(25)26)4-6-16(20)23/h3-6,9-10H,2,8,11H2,1H3. The molecule has 0 N–H and O–H groups in total. The van der Waals surface area contributed by atoms with Gasteiger partial charge in [0.2, 0.25) is 5.91 Å². The maximum atomic E-state index is 12.7. The monoisotopic (exact) mass is 374 g/mol. The van der Waals surface area contributed by atoms with Crippen LogP contribution in [-0.4, -0.2) is 21.9 Å². The summed E-state index contributed by atoms with van der Waals surface area (Å²) in [5.41, 5.74) is 0.469. The van der Waals surface area contributed by atoms with Gasteiger partial charge >= 0.3 is 0 Å². The molecular formula is C17H15ClN4O4. The molecule has 0 atom stereocenters. The Bertz CT molecular complexity index is 949. The molecule has 1 heterocycles. The summed E-state index contributed by atoms with van der Waals surface area (Å²) in [7, 11) is 0. The highest BCUT2D eigenvalue weighted by Crippen LogP contribution is 2.23. The van der Waals surface area contributed by atoms with E-state index in [0.717, 1.165) is 28.5 Å². The average Bonchev–Trinajstić information content (AvgIpc) is 2.60. The Morgan fingerprint density at radius 2 is 2.12 bits per heavy atom. The summed E-state index contributed by atoms with van der Waals surface area (Å²) in [6.07, 6.45) is 1.12. The van der Waals surface area contributed by atoms with Gasteiger partial charge in [0.05, 0.1) is 23.6 Å². The van der Waals surface area contributed by atoms with Gasteiger partial charge in [0, 0.05) is 29.4 Å². The molecule has 1 amide bonds. The molecule has 0 aliphatic rings. The minimum atomic E-state index is -0.642. The van der Waals surface area contributed by atoms with Crippen molar-refractivity contribution >= 4 is 28.9 Å². The summed E-state index contributed by atoms with van der Waals surface area (Å²) in [5.74, 6) is -0.468. The largest absolute Gasteiger partial charge is 0.310 e. The molecule has 0 bridgehead atoms. The van der Waals surface area contributed by atoms with Crippen molar-refractivity contribution in [3.63, 3.8) is 0 Å². The molecule has 0 fully saturated rings. The van der Waals surface area contributed by atoms with E-state index in [1.807, 2.05) is 6.07 Å². The van der Waals surface area contributed by atoms with Gasteiger partial charge in [-0.1, -0.05) is 11.6 Å². The first-order valence-electron chi connectivity index (χ1n) is 7.62. The Morgan fingerprint density at radius 3 is 2.73 bits per heavy atom. The highest BCUT2D eigenvalue weighted by atomic mass is 35.5. The van der Waals surface area contributed by atoms with Crippen LogP contribution < -0.4 is 10.5 Å². The maximum Gasteiger partial charge on any atom is 0.285 e. The first kappa shape index (κ1) is 19.1. The number of hydrogen-bond acceptors (Lipinski definition) is 5. The Labute approximate surface area is 154 Å². The van der Waals surface area contributed by atoms with Gasteiger partial charge in [0.1, 0.15) is 6.54 Å². The van der Waals surface area contributed by atoms with Crippen molar-refractivity contribution in [2.24, 2.45) is 0 Å². The molecule has 1 aromatic heterocycles. The number of pyridine rings is 1. The highest BCUT2D eigenvalue weighted by Gasteiger charge is 2.18. The van der Waals surface area contributed by atoms with E-state index in [1.54, 1.807) is 25.1 Å². The molecule has 26 heavy (non-hydrogen) atoms. The van der Waals surface area contributed by atoms with Gasteiger partial charge in [-0.2, -0.15) is 5.26 Å². The first-order chi connectivity index (χ1) is 12.3. The van der Waals surface area contributed by atoms with E-state index in [0.29, 0.717) is 10.7 Å². The lowest BCUT2D eigenvalue weighted by atomic mass is 10.2. The van der Waals surface area contributed by atoms with E-state index < -0.39 is 16.4 Å². The number of hydrogen-bond donors (Lipinski definition) is 0. The predicted octanol–water partition coefficient (Wildman–Crippen LogP) is 2.67. The number of nitriles is 1. The first-order valence-corrected chi connectivity index (χ1v) is 7.99. The summed E-state index contributed by atoms with van der Waals surface area (Å²) < 4.78 is 0.975. The van der Waals surface area contributed by atoms with Gasteiger partial charge in [-0.05, 0) is 30.7 Å². The summed E-state index contributed by atoms with van der Waals surface area (Å²) >= 11 is 6.00. The normalized spacial score (nSPS) is 10.2. The Kier molecular flexibility index (Phi) is 6.09. The lowest BCUT2D eigenvalue weighted by molar-refractivity contribution is -0.385. The molecule has 2 rings (SSSR count). The molecule has 0 aliphatic heterocycles. The van der Waals surface area contributed by atoms with Crippen LogP contribution in [0.5, 0.6) is 0 Å². The van der Waals surface area contributed by atoms with Crippen molar-refractivity contribution < 1.29 is 9.72 Å². The van der Waals surface area contributed by atoms with Crippen LogP contribution >= 0.6 is 11.6 Å². The van der Waals surface area contributed by atoms with Gasteiger partial charge in [0.15, 0.2) is 0 Å². The molecule has 0 saturated heterocycles. The minimum Gasteiger partial charge on any atom is -0.310 e. The van der Waals surface area contributed by atoms with E-state index in [4.69, 9.17) is 16.9 Å². The number of aryl methyl sites for hydroxylation is 1. The summed E-state index contributed by atoms with van der Waals surface area (Å²) in [5, 5.41) is 20.2. The van der Waals surface area contributed by atoms with E-state index >= 15 is 0 Å². The lowest BCUT2D eigenvalue weighted by Gasteiger charge is -2.23. The smallest absolute Gasteiger partial charge is 0.285 e. The van der Waals surface area contributed by atoms with Crippen LogP contribution in [0.4, 0.5) is 11.4 Å². The number of anilines is 1. The third kappa shape index (κ3) is 4.46. The molecule has 2 aromatic rings. The van der Waals surface area contributed by atoms with Crippen molar-refractivity contribution in [2.75, 3.05) is 11.4 Å². The SMILES string of the molecule is Cc1cc(N(CCC#N)C(=O)Cn2cc([N+](=O)[O-])ccc2=O)ccc1Cl. The van der Waals surface area contributed by atoms with Gasteiger partial charge < -0.3 is 4.90 Å². The van der Waals surface area contributed by atoms with Crippen molar-refractivity contribution in [3.8, 4) is 6.07 Å². The van der Waals surface area contributed by atoms with Crippen molar-refractivity contribution in [1.82, 2.24) is 4.57 Å². The maximum absolute atomic E-state index is 12.7. The van der Waals surface area contributed by atoms with E-state index in [9.17, 15) is 19.7 Å². The topological polar surface area (TPSA) is 109 Å². The number of nitro groups is 1. The van der Waals surface area contributed by atoms with Crippen LogP contribution in [0.25, 0.3) is 0 Å². The molecule has 0 saturated carbocycles. The molecule has 0 unspecified atom stereocenters. The van der Waals surface area contributed by atoms with Crippen LogP contribution in [0.15, 0.2) is 41.3 Å². The molecular weight excluding hydrogens is 360 g/mol. The number of halogens is 1. The quantitative estimate of drug-likeness (QED) is 0.570. The lowest BCUT2D eigenvalue weighted by Crippen LogP contribution is -2.37. The van der Waals surface area contributed by atoms with Gasteiger partial charge in [0.25, 0.3) is 11.2 Å². The summed E-state index contributed by atoms with van der Waals surface area (Å²) in [4.78, 5) is 36.2. The van der Waals surface area contributed by atoms with Crippen LogP contribution in [0.2, 0.25) is 5.02 Å². The Balaban J connectivity index is 2.34. The number of amides is 1. The number of aromatic nitrogens is 1. The van der Waals surface area contributed by atoms with E-state index in [-0.39, 0.29) is 25.2 Å². The number of carbonyl (C=O) groups excluding carboxylic acids is 1. The van der Waals surface area contributed by atoms with Gasteiger partial charge in [-0.15, -0.1) is 0 Å². The van der Waals surface area contributed by atoms with Crippen molar-refractivity contribution in [3.05, 3.63) is 67.6 Å². The Hall–Kier alpha value is -3.18. The molecule has 0 radical (unpaired) electrons. The second kappa shape index (κ2) is 8.27. The van der Waals surface area contributed by atoms with Gasteiger partial charge in [-0.25, -0.2) is 0 Å². The van der Waals surface area contributed by atoms with Gasteiger partial charge in [-0.3, -0.25) is 24.3 Å². The average molecular weight is 375 g/mol. The molecule has 9 heteroatoms. The Morgan fingerprint density at radius 1 is 1.38 bits per heavy atom. The van der Waals surface area contributed by atoms with Crippen LogP contribution in [-0.2, 0) is 11.3 Å². The molecule has 8 nitrogen and oxygen atoms in total. The molecule has 0 aliphatic carbocycles. The van der Waals surface area contributed by atoms with Crippen LogP contribution in [0, 0.1) is 28.4 Å². The third-order valence-corrected chi connectivity index (χ3v) is 4.11. The van der Waals surface area contributed by atoms with Crippen molar-refractivity contribution in [1.29, 1.82) is 5.26 Å². The summed E-state index contributed by atoms with van der Waals surface area (Å²) in [6, 6.07) is 9.07. The zero-order valence-electron chi connectivity index (χ0n) is 13.9. The fourth-order valence-electron chi connectivity index (χ4n) is 2.34. The zero-order valence-corrected chi connectivity index (χ0v) is 14.6. The minimum absolute atomic E-state index is 0.0945. The zero-order chi connectivity index (χ0) is 19.3. The number of carbonyl (C=O) groups is 1. The fourth-order valence-corrected chi connectivity index (χ4v) is 2.46. The van der Waals surface area contributed by atoms with E-state index in [1.165, 1.54) is 4.90 Å². The third-order valence-electron chi connectivity index (χ3n) is 3.69. The van der Waals surface area contributed by atoms with Crippen LogP contribution in [0.1, 0.15) is 12.0 Å². The fraction of sp³-hybridized carbons (Fsp3) is 0.235. The second-order valence-corrected chi connectivity index (χ2v) is 5.90. The second-order valence-electron chi connectivity index (χ2n) is 5.50. The number of benzene rings is 1. The van der Waals surface area contributed by atoms with Crippen LogP contribution in [0.3, 0.4) is 0 Å². The predicted molar refractivity (Wildman–Crippen MR) is 96.1 cm³/mol. The number of nitrogens with zero attached hydrogens (tertiary/aromatic N) is 4. The highest BCUT2D eigenvalue weighted by molar-refractivity contribution is 6.31. The molecule has 1 aromatic carbocycles. The van der Waals surface area contributed by atoms with E-state index in [2.05, 4.69) is 0 Å². The molecule has 0 spiro atoms.